The number of hydrogen-bond acceptors (Lipinski definition) is 4. The van der Waals surface area contributed by atoms with E-state index in [1.54, 1.807) is 6.20 Å². The van der Waals surface area contributed by atoms with E-state index in [0.29, 0.717) is 0 Å². The summed E-state index contributed by atoms with van der Waals surface area (Å²) < 4.78 is 6.13. The normalized spacial score (nSPS) is 23.1. The molecule has 136 valence electrons. The predicted octanol–water partition coefficient (Wildman–Crippen LogP) is 1.53. The van der Waals surface area contributed by atoms with Crippen molar-refractivity contribution in [1.29, 1.82) is 0 Å². The first-order chi connectivity index (χ1) is 12.4. The van der Waals surface area contributed by atoms with Gasteiger partial charge in [0.2, 0.25) is 5.91 Å². The Morgan fingerprint density at radius 3 is 2.77 bits per heavy atom. The number of carbonyl (C=O) groups is 1. The summed E-state index contributed by atoms with van der Waals surface area (Å²) in [7, 11) is -0.897. The summed E-state index contributed by atoms with van der Waals surface area (Å²) in [6.07, 6.45) is 7.44. The number of hydrogen-bond donors (Lipinski definition) is 2. The molecule has 0 unspecified atom stereocenters. The van der Waals surface area contributed by atoms with Crippen LogP contribution in [0.25, 0.3) is 11.0 Å². The van der Waals surface area contributed by atoms with Gasteiger partial charge in [-0.25, -0.2) is 4.98 Å². The van der Waals surface area contributed by atoms with E-state index in [4.69, 9.17) is 4.65 Å². The Morgan fingerprint density at radius 1 is 1.35 bits per heavy atom. The number of amides is 1. The highest BCUT2D eigenvalue weighted by atomic mass is 16.5. The number of nitrogens with one attached hydrogen (secondary N) is 1. The van der Waals surface area contributed by atoms with Gasteiger partial charge in [-0.05, 0) is 37.3 Å². The fourth-order valence-corrected chi connectivity index (χ4v) is 5.21. The van der Waals surface area contributed by atoms with Crippen molar-refractivity contribution in [2.75, 3.05) is 13.1 Å². The lowest BCUT2D eigenvalue weighted by Crippen LogP contribution is -2.61. The van der Waals surface area contributed by atoms with Crippen molar-refractivity contribution in [3.8, 4) is 0 Å². The number of pyridine rings is 1. The average molecular weight is 353 g/mol. The average Bonchev–Trinajstić information content (AvgIpc) is 3.16. The highest BCUT2D eigenvalue weighted by Crippen LogP contribution is 2.53. The van der Waals surface area contributed by atoms with Gasteiger partial charge >= 0.3 is 7.12 Å². The zero-order valence-electron chi connectivity index (χ0n) is 15.3. The number of fused-ring (bicyclic) bond motifs is 4. The van der Waals surface area contributed by atoms with Gasteiger partial charge in [0.05, 0.1) is 5.60 Å². The molecule has 2 aliphatic heterocycles. The van der Waals surface area contributed by atoms with E-state index >= 15 is 0 Å². The molecule has 0 aromatic carbocycles. The molecule has 6 nitrogen and oxygen atoms in total. The van der Waals surface area contributed by atoms with Crippen molar-refractivity contribution in [1.82, 2.24) is 14.9 Å². The summed E-state index contributed by atoms with van der Waals surface area (Å²) >= 11 is 0. The van der Waals surface area contributed by atoms with Gasteiger partial charge in [0.25, 0.3) is 0 Å². The Balaban J connectivity index is 1.40. The van der Waals surface area contributed by atoms with Crippen LogP contribution in [0.4, 0.5) is 0 Å². The summed E-state index contributed by atoms with van der Waals surface area (Å²) in [6, 6.07) is 2.03. The van der Waals surface area contributed by atoms with Crippen LogP contribution < -0.4 is 5.46 Å². The summed E-state index contributed by atoms with van der Waals surface area (Å²) in [5.74, 6) is 0.325. The molecule has 3 aliphatic rings. The quantitative estimate of drug-likeness (QED) is 0.763. The van der Waals surface area contributed by atoms with E-state index < -0.39 is 12.7 Å². The lowest BCUT2D eigenvalue weighted by Gasteiger charge is -2.55. The maximum Gasteiger partial charge on any atom is 0.493 e. The number of aromatic amines is 1. The van der Waals surface area contributed by atoms with Crippen LogP contribution in [0.15, 0.2) is 18.5 Å². The molecule has 4 heterocycles. The Hall–Kier alpha value is -1.86. The molecular formula is C19H24BN3O3. The van der Waals surface area contributed by atoms with Crippen LogP contribution in [0.2, 0.25) is 0 Å². The minimum atomic E-state index is -0.897. The van der Waals surface area contributed by atoms with Crippen LogP contribution in [0.3, 0.4) is 0 Å². The van der Waals surface area contributed by atoms with E-state index in [-0.39, 0.29) is 17.2 Å². The minimum Gasteiger partial charge on any atom is -0.423 e. The fraction of sp³-hybridized carbons (Fsp3) is 0.579. The third-order valence-electron chi connectivity index (χ3n) is 6.65. The molecule has 2 aromatic rings. The molecule has 0 atom stereocenters. The Kier molecular flexibility index (Phi) is 3.35. The van der Waals surface area contributed by atoms with Crippen molar-refractivity contribution in [2.45, 2.75) is 45.1 Å². The van der Waals surface area contributed by atoms with Gasteiger partial charge in [-0.15, -0.1) is 0 Å². The monoisotopic (exact) mass is 353 g/mol. The van der Waals surface area contributed by atoms with Crippen molar-refractivity contribution < 1.29 is 14.5 Å². The summed E-state index contributed by atoms with van der Waals surface area (Å²) in [5, 5.41) is 11.5. The third kappa shape index (κ3) is 2.13. The van der Waals surface area contributed by atoms with E-state index in [1.165, 1.54) is 0 Å². The Labute approximate surface area is 153 Å². The van der Waals surface area contributed by atoms with E-state index in [9.17, 15) is 9.82 Å². The molecule has 0 radical (unpaired) electrons. The molecule has 1 saturated carbocycles. The summed E-state index contributed by atoms with van der Waals surface area (Å²) in [5.41, 5.74) is 2.57. The van der Waals surface area contributed by atoms with Gasteiger partial charge in [0.1, 0.15) is 5.65 Å². The zero-order chi connectivity index (χ0) is 18.1. The van der Waals surface area contributed by atoms with Crippen molar-refractivity contribution in [3.63, 3.8) is 0 Å². The fourth-order valence-electron chi connectivity index (χ4n) is 5.21. The molecule has 0 bridgehead atoms. The smallest absolute Gasteiger partial charge is 0.423 e. The second-order valence-electron chi connectivity index (χ2n) is 8.64. The molecule has 7 heteroatoms. The molecule has 5 rings (SSSR count). The summed E-state index contributed by atoms with van der Waals surface area (Å²) in [6.45, 7) is 5.66. The van der Waals surface area contributed by atoms with Gasteiger partial charge in [-0.2, -0.15) is 0 Å². The highest BCUT2D eigenvalue weighted by Gasteiger charge is 2.56. The van der Waals surface area contributed by atoms with Gasteiger partial charge < -0.3 is 19.6 Å². The Bertz CT molecular complexity index is 877. The van der Waals surface area contributed by atoms with E-state index in [0.717, 1.165) is 60.8 Å². The Morgan fingerprint density at radius 2 is 2.08 bits per heavy atom. The molecule has 1 aliphatic carbocycles. The highest BCUT2D eigenvalue weighted by molar-refractivity contribution is 6.62. The van der Waals surface area contributed by atoms with E-state index in [2.05, 4.69) is 9.97 Å². The number of carbonyl (C=O) groups excluding carboxylic acids is 1. The lowest BCUT2D eigenvalue weighted by atomic mass is 9.62. The van der Waals surface area contributed by atoms with Gasteiger partial charge in [0.15, 0.2) is 0 Å². The lowest BCUT2D eigenvalue weighted by molar-refractivity contribution is -0.153. The van der Waals surface area contributed by atoms with Crippen LogP contribution in [-0.4, -0.2) is 46.0 Å². The SMILES string of the molecule is CC(C)C(=O)N1CC2(CCC3(CC2)OB(O)c2cnc4[nH]ccc4c23)C1. The topological polar surface area (TPSA) is 78.5 Å². The standard InChI is InChI=1S/C19H24BN3O3/c1-12(2)17(24)23-10-18(11-23)4-6-19(7-5-18)15-13-3-8-21-16(13)22-9-14(15)20(25)26-19/h3,8-9,12,25H,4-7,10-11H2,1-2H3,(H,21,22). The van der Waals surface area contributed by atoms with Crippen molar-refractivity contribution in [3.05, 3.63) is 24.0 Å². The van der Waals surface area contributed by atoms with Crippen LogP contribution in [-0.2, 0) is 15.0 Å². The molecule has 2 fully saturated rings. The second kappa shape index (κ2) is 5.33. The number of likely N-dealkylation sites (tertiary alicyclic amines) is 1. The van der Waals surface area contributed by atoms with Gasteiger partial charge in [-0.1, -0.05) is 13.8 Å². The van der Waals surface area contributed by atoms with Gasteiger partial charge in [0, 0.05) is 47.7 Å². The molecule has 2 spiro atoms. The van der Waals surface area contributed by atoms with E-state index in [1.807, 2.05) is 31.0 Å². The molecule has 1 amide bonds. The number of nitrogens with zero attached hydrogens (tertiary/aromatic N) is 2. The largest absolute Gasteiger partial charge is 0.493 e. The first kappa shape index (κ1) is 16.3. The van der Waals surface area contributed by atoms with Gasteiger partial charge in [-0.3, -0.25) is 4.79 Å². The molecule has 26 heavy (non-hydrogen) atoms. The number of rotatable bonds is 1. The molecule has 2 aromatic heterocycles. The van der Waals surface area contributed by atoms with Crippen molar-refractivity contribution in [2.24, 2.45) is 11.3 Å². The first-order valence-corrected chi connectivity index (χ1v) is 9.54. The number of H-pyrrole nitrogens is 1. The second-order valence-corrected chi connectivity index (χ2v) is 8.64. The zero-order valence-corrected chi connectivity index (χ0v) is 15.3. The van der Waals surface area contributed by atoms with Crippen LogP contribution >= 0.6 is 0 Å². The maximum atomic E-state index is 12.2. The van der Waals surface area contributed by atoms with Crippen LogP contribution in [0.5, 0.6) is 0 Å². The first-order valence-electron chi connectivity index (χ1n) is 9.54. The van der Waals surface area contributed by atoms with Crippen LogP contribution in [0.1, 0.15) is 45.1 Å². The molecule has 1 saturated heterocycles. The molecular weight excluding hydrogens is 329 g/mol. The predicted molar refractivity (Wildman–Crippen MR) is 98.8 cm³/mol. The van der Waals surface area contributed by atoms with Crippen LogP contribution in [0, 0.1) is 11.3 Å². The number of aromatic nitrogens is 2. The third-order valence-corrected chi connectivity index (χ3v) is 6.65. The maximum absolute atomic E-state index is 12.2. The van der Waals surface area contributed by atoms with Crippen molar-refractivity contribution >= 4 is 29.5 Å². The summed E-state index contributed by atoms with van der Waals surface area (Å²) in [4.78, 5) is 21.7. The molecule has 2 N–H and O–H groups in total. The minimum absolute atomic E-state index is 0.0665.